The maximum Gasteiger partial charge on any atom is 0.238 e. The van der Waals surface area contributed by atoms with E-state index in [0.29, 0.717) is 17.6 Å². The SMILES string of the molecule is CC12CCCCC1(C)N(c1cc3ccccc3cc1-c1nc(-c3cccc([Si](c4ccccc4)(c4ccccc4)c4ccccc4)c3)nc(-n3c4ccccc4c4ccccc43)n1)c1cnccc12. The molecule has 11 aromatic rings. The Kier molecular flexibility index (Phi) is 9.60. The Morgan fingerprint density at radius 1 is 0.478 bits per heavy atom. The van der Waals surface area contributed by atoms with Gasteiger partial charge >= 0.3 is 0 Å². The quantitative estimate of drug-likeness (QED) is 0.112. The molecule has 13 rings (SSSR count). The summed E-state index contributed by atoms with van der Waals surface area (Å²) in [6.45, 7) is 4.95. The number of aromatic nitrogens is 5. The zero-order valence-corrected chi connectivity index (χ0v) is 39.8. The van der Waals surface area contributed by atoms with Crippen molar-refractivity contribution in [1.29, 1.82) is 0 Å². The van der Waals surface area contributed by atoms with Gasteiger partial charge in [0.25, 0.3) is 0 Å². The van der Waals surface area contributed by atoms with E-state index in [2.05, 4.69) is 236 Å². The molecule has 0 bridgehead atoms. The number of para-hydroxylation sites is 2. The lowest BCUT2D eigenvalue weighted by Crippen LogP contribution is -2.74. The number of hydrogen-bond donors (Lipinski definition) is 0. The first kappa shape index (κ1) is 41.2. The van der Waals surface area contributed by atoms with Crippen LogP contribution in [0.1, 0.15) is 45.1 Å². The molecule has 332 valence electrons. The third-order valence-corrected chi connectivity index (χ3v) is 20.6. The molecule has 0 amide bonds. The van der Waals surface area contributed by atoms with E-state index in [4.69, 9.17) is 19.9 Å². The molecule has 3 aromatic heterocycles. The summed E-state index contributed by atoms with van der Waals surface area (Å²) in [6.07, 6.45) is 8.59. The van der Waals surface area contributed by atoms with Crippen LogP contribution in [0.3, 0.4) is 0 Å². The van der Waals surface area contributed by atoms with Crippen LogP contribution in [0.15, 0.2) is 219 Å². The van der Waals surface area contributed by atoms with Crippen molar-refractivity contribution in [3.63, 3.8) is 0 Å². The summed E-state index contributed by atoms with van der Waals surface area (Å²) in [7, 11) is -2.89. The van der Waals surface area contributed by atoms with Gasteiger partial charge in [-0.25, -0.2) is 4.98 Å². The van der Waals surface area contributed by atoms with Crippen molar-refractivity contribution >= 4 is 72.8 Å². The van der Waals surface area contributed by atoms with Gasteiger partial charge in [-0.3, -0.25) is 9.55 Å². The number of anilines is 2. The van der Waals surface area contributed by atoms with Crippen molar-refractivity contribution in [3.8, 4) is 28.7 Å². The summed E-state index contributed by atoms with van der Waals surface area (Å²) in [5.41, 5.74) is 7.30. The molecule has 1 saturated carbocycles. The predicted octanol–water partition coefficient (Wildman–Crippen LogP) is 12.0. The molecule has 1 aliphatic heterocycles. The van der Waals surface area contributed by atoms with Gasteiger partial charge in [0.15, 0.2) is 19.7 Å². The second kappa shape index (κ2) is 16.1. The number of rotatable bonds is 8. The molecule has 4 heterocycles. The van der Waals surface area contributed by atoms with Crippen LogP contribution < -0.4 is 25.6 Å². The monoisotopic (exact) mass is 906 g/mol. The van der Waals surface area contributed by atoms with E-state index in [1.807, 2.05) is 6.20 Å². The maximum atomic E-state index is 5.66. The molecule has 1 fully saturated rings. The van der Waals surface area contributed by atoms with E-state index in [0.717, 1.165) is 69.0 Å². The Balaban J connectivity index is 1.11. The standard InChI is InChI=1S/C62H50N6Si/c1-61-36-18-19-37-62(61,2)68(57-42-63-38-35-53(57)61)56-41-44-22-13-12-21-43(44)40-52(56)59-64-58(65-60(66-59)67-54-33-16-14-31-50(54)51-32-15-17-34-55(51)67)45-23-20-30-49(39-45)69(46-24-6-3-7-25-46,47-26-8-4-9-27-47)48-28-10-5-11-29-48/h3-17,20-35,38-42H,18-19,36-37H2,1-2H3. The molecule has 0 N–H and O–H groups in total. The highest BCUT2D eigenvalue weighted by Gasteiger charge is 2.58. The smallest absolute Gasteiger partial charge is 0.238 e. The average molecular weight is 907 g/mol. The maximum absolute atomic E-state index is 5.66. The number of fused-ring (bicyclic) bond motifs is 7. The zero-order valence-electron chi connectivity index (χ0n) is 38.8. The van der Waals surface area contributed by atoms with Gasteiger partial charge in [0, 0.05) is 33.5 Å². The lowest BCUT2D eigenvalue weighted by Gasteiger charge is -2.50. The first-order valence-corrected chi connectivity index (χ1v) is 26.3. The highest BCUT2D eigenvalue weighted by molar-refractivity contribution is 7.19. The molecule has 2 unspecified atom stereocenters. The van der Waals surface area contributed by atoms with E-state index in [9.17, 15) is 0 Å². The minimum atomic E-state index is -2.89. The fourth-order valence-electron chi connectivity index (χ4n) is 12.4. The minimum absolute atomic E-state index is 0.0715. The van der Waals surface area contributed by atoms with Gasteiger partial charge in [-0.05, 0) is 87.2 Å². The third kappa shape index (κ3) is 6.23. The van der Waals surface area contributed by atoms with Gasteiger partial charge in [-0.2, -0.15) is 9.97 Å². The van der Waals surface area contributed by atoms with E-state index in [-0.39, 0.29) is 11.0 Å². The van der Waals surface area contributed by atoms with Crippen molar-refractivity contribution < 1.29 is 0 Å². The average Bonchev–Trinajstić information content (AvgIpc) is 3.86. The first-order chi connectivity index (χ1) is 34.0. The van der Waals surface area contributed by atoms with E-state index in [1.165, 1.54) is 38.1 Å². The molecule has 0 saturated heterocycles. The van der Waals surface area contributed by atoms with Crippen LogP contribution in [-0.2, 0) is 5.41 Å². The molecule has 1 aliphatic carbocycles. The molecule has 2 aliphatic rings. The van der Waals surface area contributed by atoms with Crippen LogP contribution in [0.4, 0.5) is 11.4 Å². The molecular weight excluding hydrogens is 857 g/mol. The van der Waals surface area contributed by atoms with Crippen molar-refractivity contribution in [3.05, 3.63) is 224 Å². The number of nitrogens with zero attached hydrogens (tertiary/aromatic N) is 6. The highest BCUT2D eigenvalue weighted by atomic mass is 28.3. The van der Waals surface area contributed by atoms with Crippen molar-refractivity contribution in [2.75, 3.05) is 4.90 Å². The lowest BCUT2D eigenvalue weighted by molar-refractivity contribution is 0.195. The van der Waals surface area contributed by atoms with Gasteiger partial charge < -0.3 is 4.90 Å². The summed E-state index contributed by atoms with van der Waals surface area (Å²) >= 11 is 0. The minimum Gasteiger partial charge on any atom is -0.333 e. The summed E-state index contributed by atoms with van der Waals surface area (Å²) in [4.78, 5) is 24.3. The van der Waals surface area contributed by atoms with Crippen molar-refractivity contribution in [1.82, 2.24) is 24.5 Å². The van der Waals surface area contributed by atoms with Crippen LogP contribution in [-0.4, -0.2) is 38.1 Å². The van der Waals surface area contributed by atoms with Gasteiger partial charge in [-0.1, -0.05) is 196 Å². The molecule has 8 aromatic carbocycles. The molecule has 69 heavy (non-hydrogen) atoms. The number of benzene rings is 8. The molecule has 0 radical (unpaired) electrons. The summed E-state index contributed by atoms with van der Waals surface area (Å²) in [5, 5.41) is 9.79. The topological polar surface area (TPSA) is 59.7 Å². The van der Waals surface area contributed by atoms with Gasteiger partial charge in [0.1, 0.15) is 0 Å². The number of hydrogen-bond acceptors (Lipinski definition) is 5. The van der Waals surface area contributed by atoms with E-state index in [1.54, 1.807) is 0 Å². The molecule has 2 atom stereocenters. The Labute approximate surface area is 403 Å². The van der Waals surface area contributed by atoms with Crippen LogP contribution in [0.5, 0.6) is 0 Å². The number of pyridine rings is 1. The molecule has 7 heteroatoms. The molecular formula is C62H50N6Si. The second-order valence-corrected chi connectivity index (χ2v) is 23.1. The summed E-state index contributed by atoms with van der Waals surface area (Å²) in [5.74, 6) is 1.82. The Bertz CT molecular complexity index is 3590. The van der Waals surface area contributed by atoms with Gasteiger partial charge in [0.2, 0.25) is 5.95 Å². The highest BCUT2D eigenvalue weighted by Crippen LogP contribution is 2.61. The normalized spacial score (nSPS) is 17.9. The lowest BCUT2D eigenvalue weighted by atomic mass is 9.61. The predicted molar refractivity (Wildman–Crippen MR) is 287 cm³/mol. The van der Waals surface area contributed by atoms with Crippen LogP contribution in [0.2, 0.25) is 0 Å². The van der Waals surface area contributed by atoms with E-state index >= 15 is 0 Å². The largest absolute Gasteiger partial charge is 0.333 e. The van der Waals surface area contributed by atoms with Crippen LogP contribution in [0, 0.1) is 0 Å². The molecule has 0 spiro atoms. The first-order valence-electron chi connectivity index (χ1n) is 24.3. The zero-order chi connectivity index (χ0) is 46.2. The van der Waals surface area contributed by atoms with Crippen LogP contribution in [0.25, 0.3) is 61.3 Å². The Morgan fingerprint density at radius 3 is 1.68 bits per heavy atom. The Hall–Kier alpha value is -8.00. The fraction of sp³-hybridized carbons (Fsp3) is 0.129. The van der Waals surface area contributed by atoms with Crippen molar-refractivity contribution in [2.24, 2.45) is 0 Å². The molecule has 6 nitrogen and oxygen atoms in total. The Morgan fingerprint density at radius 2 is 1.03 bits per heavy atom. The fourth-order valence-corrected chi connectivity index (χ4v) is 17.2. The van der Waals surface area contributed by atoms with Gasteiger partial charge in [-0.15, -0.1) is 0 Å². The van der Waals surface area contributed by atoms with E-state index < -0.39 is 8.07 Å². The summed E-state index contributed by atoms with van der Waals surface area (Å²) < 4.78 is 2.23. The third-order valence-electron chi connectivity index (χ3n) is 15.8. The summed E-state index contributed by atoms with van der Waals surface area (Å²) in [6, 6.07) is 75.2. The second-order valence-electron chi connectivity index (χ2n) is 19.3. The van der Waals surface area contributed by atoms with Crippen LogP contribution >= 0.6 is 0 Å². The van der Waals surface area contributed by atoms with Gasteiger partial charge in [0.05, 0.1) is 34.1 Å². The van der Waals surface area contributed by atoms with Crippen molar-refractivity contribution in [2.45, 2.75) is 50.5 Å².